The van der Waals surface area contributed by atoms with E-state index in [1.807, 2.05) is 39.9 Å². The van der Waals surface area contributed by atoms with Gasteiger partial charge in [0.2, 0.25) is 0 Å². The number of hydrogen-bond donors (Lipinski definition) is 0. The van der Waals surface area contributed by atoms with E-state index in [1.165, 1.54) is 24.3 Å². The number of likely N-dealkylation sites (tertiary alicyclic amines) is 1. The lowest BCUT2D eigenvalue weighted by molar-refractivity contribution is -0.274. The Balaban J connectivity index is 1.34. The molecule has 0 radical (unpaired) electrons. The van der Waals surface area contributed by atoms with Crippen LogP contribution in [0, 0.1) is 0 Å². The molecule has 6 rings (SSSR count). The molecule has 4 heterocycles. The second-order valence-corrected chi connectivity index (χ2v) is 9.28. The lowest BCUT2D eigenvalue weighted by Crippen LogP contribution is -2.28. The van der Waals surface area contributed by atoms with Crippen molar-refractivity contribution in [3.8, 4) is 22.8 Å². The van der Waals surface area contributed by atoms with Crippen LogP contribution in [-0.2, 0) is 0 Å². The molecule has 3 aromatic heterocycles. The third-order valence-electron chi connectivity index (χ3n) is 6.78. The molecule has 0 spiro atoms. The number of carbonyl (C=O) groups excluding carboxylic acids is 1. The van der Waals surface area contributed by atoms with Crippen LogP contribution in [-0.4, -0.2) is 49.8 Å². The molecule has 1 fully saturated rings. The number of aromatic nitrogens is 4. The number of rotatable bonds is 5. The summed E-state index contributed by atoms with van der Waals surface area (Å²) in [5.74, 6) is 0.346. The Kier molecular flexibility index (Phi) is 6.22. The molecule has 7 nitrogen and oxygen atoms in total. The third kappa shape index (κ3) is 5.05. The second-order valence-electron chi connectivity index (χ2n) is 9.28. The fraction of sp³-hybridized carbons (Fsp3) is 0.172. The van der Waals surface area contributed by atoms with Gasteiger partial charge in [0.25, 0.3) is 5.91 Å². The summed E-state index contributed by atoms with van der Waals surface area (Å²) in [6.07, 6.45) is 3.00. The number of carbonyl (C=O) groups is 1. The lowest BCUT2D eigenvalue weighted by atomic mass is 10.0. The van der Waals surface area contributed by atoms with E-state index in [-0.39, 0.29) is 17.6 Å². The molecule has 0 N–H and O–H groups in total. The Morgan fingerprint density at radius 3 is 2.41 bits per heavy atom. The molecule has 1 aliphatic rings. The first kappa shape index (κ1) is 24.6. The molecule has 1 unspecified atom stereocenters. The highest BCUT2D eigenvalue weighted by Crippen LogP contribution is 2.32. The largest absolute Gasteiger partial charge is 0.573 e. The number of benzene rings is 2. The Bertz CT molecular complexity index is 1620. The number of alkyl halides is 3. The van der Waals surface area contributed by atoms with Crippen LogP contribution in [0.4, 0.5) is 13.2 Å². The van der Waals surface area contributed by atoms with Gasteiger partial charge in [-0.3, -0.25) is 19.3 Å². The molecule has 2 aromatic carbocycles. The van der Waals surface area contributed by atoms with Crippen molar-refractivity contribution in [2.75, 3.05) is 13.1 Å². The molecule has 1 saturated heterocycles. The highest BCUT2D eigenvalue weighted by molar-refractivity contribution is 5.98. The van der Waals surface area contributed by atoms with Gasteiger partial charge in [0.1, 0.15) is 11.6 Å². The molecule has 196 valence electrons. The minimum atomic E-state index is -4.78. The van der Waals surface area contributed by atoms with E-state index in [0.717, 1.165) is 23.2 Å². The van der Waals surface area contributed by atoms with Gasteiger partial charge < -0.3 is 9.64 Å². The summed E-state index contributed by atoms with van der Waals surface area (Å²) >= 11 is 0. The summed E-state index contributed by atoms with van der Waals surface area (Å²) in [6.45, 7) is 1.27. The monoisotopic (exact) mass is 529 g/mol. The van der Waals surface area contributed by atoms with E-state index in [4.69, 9.17) is 4.98 Å². The molecule has 1 atom stereocenters. The Morgan fingerprint density at radius 1 is 0.949 bits per heavy atom. The average Bonchev–Trinajstić information content (AvgIpc) is 3.58. The van der Waals surface area contributed by atoms with Crippen LogP contribution in [0.15, 0.2) is 91.5 Å². The average molecular weight is 530 g/mol. The van der Waals surface area contributed by atoms with Gasteiger partial charge in [0, 0.05) is 48.7 Å². The highest BCUT2D eigenvalue weighted by atomic mass is 19.4. The van der Waals surface area contributed by atoms with Crippen molar-refractivity contribution in [3.63, 3.8) is 0 Å². The van der Waals surface area contributed by atoms with Crippen molar-refractivity contribution in [3.05, 3.63) is 103 Å². The zero-order valence-electron chi connectivity index (χ0n) is 20.5. The smallest absolute Gasteiger partial charge is 0.406 e. The fourth-order valence-electron chi connectivity index (χ4n) is 4.98. The van der Waals surface area contributed by atoms with E-state index < -0.39 is 6.36 Å². The molecular formula is C29H22F3N5O2. The number of halogens is 3. The van der Waals surface area contributed by atoms with Crippen LogP contribution >= 0.6 is 0 Å². The summed E-state index contributed by atoms with van der Waals surface area (Å²) in [6, 6.07) is 18.5. The van der Waals surface area contributed by atoms with Crippen molar-refractivity contribution >= 4 is 16.9 Å². The van der Waals surface area contributed by atoms with Gasteiger partial charge in [-0.2, -0.15) is 0 Å². The van der Waals surface area contributed by atoms with Crippen molar-refractivity contribution in [1.29, 1.82) is 0 Å². The van der Waals surface area contributed by atoms with Crippen molar-refractivity contribution in [2.24, 2.45) is 0 Å². The number of hydrogen-bond acceptors (Lipinski definition) is 5. The predicted molar refractivity (Wildman–Crippen MR) is 138 cm³/mol. The zero-order valence-corrected chi connectivity index (χ0v) is 20.5. The number of imidazole rings is 1. The van der Waals surface area contributed by atoms with E-state index >= 15 is 0 Å². The second kappa shape index (κ2) is 9.86. The van der Waals surface area contributed by atoms with Gasteiger partial charge in [-0.25, -0.2) is 4.98 Å². The van der Waals surface area contributed by atoms with Gasteiger partial charge in [0.15, 0.2) is 0 Å². The van der Waals surface area contributed by atoms with Gasteiger partial charge in [-0.15, -0.1) is 13.2 Å². The molecule has 39 heavy (non-hydrogen) atoms. The number of amides is 1. The van der Waals surface area contributed by atoms with Crippen LogP contribution in [0.25, 0.3) is 28.1 Å². The number of ether oxygens (including phenoxy) is 1. The molecule has 10 heteroatoms. The summed E-state index contributed by atoms with van der Waals surface area (Å²) < 4.78 is 43.8. The maximum absolute atomic E-state index is 13.4. The maximum atomic E-state index is 13.4. The number of pyridine rings is 2. The summed E-state index contributed by atoms with van der Waals surface area (Å²) in [5, 5.41) is 0. The van der Waals surface area contributed by atoms with Gasteiger partial charge in [-0.1, -0.05) is 6.07 Å². The first-order valence-electron chi connectivity index (χ1n) is 12.3. The van der Waals surface area contributed by atoms with E-state index in [0.29, 0.717) is 35.6 Å². The summed E-state index contributed by atoms with van der Waals surface area (Å²) in [5.41, 5.74) is 4.26. The van der Waals surface area contributed by atoms with E-state index in [9.17, 15) is 18.0 Å². The maximum Gasteiger partial charge on any atom is 0.573 e. The molecule has 5 aromatic rings. The fourth-order valence-corrected chi connectivity index (χ4v) is 4.98. The Morgan fingerprint density at radius 2 is 1.72 bits per heavy atom. The van der Waals surface area contributed by atoms with Gasteiger partial charge >= 0.3 is 6.36 Å². The van der Waals surface area contributed by atoms with Crippen molar-refractivity contribution in [2.45, 2.75) is 18.7 Å². The lowest BCUT2D eigenvalue weighted by Gasteiger charge is -2.17. The first-order chi connectivity index (χ1) is 18.9. The van der Waals surface area contributed by atoms with Crippen LogP contribution in [0.2, 0.25) is 0 Å². The minimum Gasteiger partial charge on any atom is -0.406 e. The molecule has 1 amide bonds. The highest BCUT2D eigenvalue weighted by Gasteiger charge is 2.31. The molecular weight excluding hydrogens is 507 g/mol. The molecule has 1 aliphatic heterocycles. The summed E-state index contributed by atoms with van der Waals surface area (Å²) in [7, 11) is 0. The van der Waals surface area contributed by atoms with E-state index in [1.54, 1.807) is 36.8 Å². The van der Waals surface area contributed by atoms with Crippen LogP contribution in [0.5, 0.6) is 5.75 Å². The van der Waals surface area contributed by atoms with Crippen molar-refractivity contribution < 1.29 is 22.7 Å². The topological polar surface area (TPSA) is 73.1 Å². The Labute approximate surface area is 221 Å². The molecule has 0 bridgehead atoms. The van der Waals surface area contributed by atoms with Crippen LogP contribution in [0.3, 0.4) is 0 Å². The zero-order chi connectivity index (χ0) is 27.0. The van der Waals surface area contributed by atoms with E-state index in [2.05, 4.69) is 14.7 Å². The van der Waals surface area contributed by atoms with Gasteiger partial charge in [0.05, 0.1) is 22.9 Å². The standard InChI is InChI=1S/C29H22F3N5O2/c30-29(31,32)39-24-8-5-19(6-9-24)27-35-25-15-20(7-10-26(25)37(27)23-4-2-13-34-17-23)28(38)36-14-11-22(18-36)21-3-1-12-33-16-21/h1-10,12-13,15-17,22H,11,14,18H2. The Hall–Kier alpha value is -4.73. The van der Waals surface area contributed by atoms with Gasteiger partial charge in [-0.05, 0) is 72.6 Å². The SMILES string of the molecule is O=C(c1ccc2c(c1)nc(-c1ccc(OC(F)(F)F)cc1)n2-c1cccnc1)N1CCC(c2cccnc2)C1. The predicted octanol–water partition coefficient (Wildman–Crippen LogP) is 6.01. The third-order valence-corrected chi connectivity index (χ3v) is 6.78. The van der Waals surface area contributed by atoms with Crippen LogP contribution in [0.1, 0.15) is 28.3 Å². The number of nitrogens with zero attached hydrogens (tertiary/aromatic N) is 5. The van der Waals surface area contributed by atoms with Crippen molar-refractivity contribution in [1.82, 2.24) is 24.4 Å². The number of fused-ring (bicyclic) bond motifs is 1. The normalized spacial score (nSPS) is 15.6. The minimum absolute atomic E-state index is 0.0746. The quantitative estimate of drug-likeness (QED) is 0.279. The molecule has 0 saturated carbocycles. The first-order valence-corrected chi connectivity index (χ1v) is 12.3. The molecule has 0 aliphatic carbocycles. The summed E-state index contributed by atoms with van der Waals surface area (Å²) in [4.78, 5) is 28.4. The van der Waals surface area contributed by atoms with Crippen LogP contribution < -0.4 is 4.74 Å².